The molecule has 6 nitrogen and oxygen atoms in total. The van der Waals surface area contributed by atoms with Crippen molar-refractivity contribution < 1.29 is 14.6 Å². The zero-order valence-electron chi connectivity index (χ0n) is 9.43. The summed E-state index contributed by atoms with van der Waals surface area (Å²) in [5, 5.41) is 12.4. The van der Waals surface area contributed by atoms with Crippen molar-refractivity contribution in [2.45, 2.75) is 12.8 Å². The number of carbonyl (C=O) groups is 1. The van der Waals surface area contributed by atoms with Gasteiger partial charge in [0.1, 0.15) is 12.1 Å². The molecule has 0 amide bonds. The van der Waals surface area contributed by atoms with Gasteiger partial charge in [-0.25, -0.2) is 9.97 Å². The Kier molecular flexibility index (Phi) is 3.53. The predicted octanol–water partition coefficient (Wildman–Crippen LogP) is 0.770. The summed E-state index contributed by atoms with van der Waals surface area (Å²) in [6, 6.07) is 1.72. The second-order valence-corrected chi connectivity index (χ2v) is 4.15. The first-order chi connectivity index (χ1) is 8.23. The van der Waals surface area contributed by atoms with Crippen LogP contribution in [0.3, 0.4) is 0 Å². The van der Waals surface area contributed by atoms with Crippen LogP contribution in [0.2, 0.25) is 0 Å². The minimum Gasteiger partial charge on any atom is -0.481 e. The molecule has 1 fully saturated rings. The Morgan fingerprint density at radius 1 is 1.53 bits per heavy atom. The average Bonchev–Trinajstić information content (AvgIpc) is 2.38. The maximum absolute atomic E-state index is 11.4. The van der Waals surface area contributed by atoms with Gasteiger partial charge in [0.2, 0.25) is 0 Å². The first kappa shape index (κ1) is 11.8. The van der Waals surface area contributed by atoms with Gasteiger partial charge >= 0.3 is 5.97 Å². The summed E-state index contributed by atoms with van der Waals surface area (Å²) in [4.78, 5) is 19.2. The van der Waals surface area contributed by atoms with Gasteiger partial charge < -0.3 is 15.2 Å². The number of anilines is 1. The first-order valence-electron chi connectivity index (χ1n) is 5.54. The van der Waals surface area contributed by atoms with Gasteiger partial charge in [0, 0.05) is 26.0 Å². The molecular weight excluding hydrogens is 222 g/mol. The van der Waals surface area contributed by atoms with E-state index in [-0.39, 0.29) is 0 Å². The maximum Gasteiger partial charge on any atom is 0.311 e. The molecule has 0 saturated carbocycles. The Morgan fingerprint density at radius 2 is 2.29 bits per heavy atom. The normalized spacial score (nSPS) is 18.6. The SMILES string of the molecule is O=C(O)C1(CNc2ccncn2)CCOCC1. The number of hydrogen-bond acceptors (Lipinski definition) is 5. The Hall–Kier alpha value is -1.69. The molecule has 17 heavy (non-hydrogen) atoms. The van der Waals surface area contributed by atoms with Gasteiger partial charge in [0.15, 0.2) is 0 Å². The lowest BCUT2D eigenvalue weighted by Crippen LogP contribution is -2.42. The molecule has 2 N–H and O–H groups in total. The summed E-state index contributed by atoms with van der Waals surface area (Å²) >= 11 is 0. The van der Waals surface area contributed by atoms with Crippen molar-refractivity contribution in [3.63, 3.8) is 0 Å². The third kappa shape index (κ3) is 2.71. The molecule has 1 aliphatic rings. The van der Waals surface area contributed by atoms with E-state index in [0.717, 1.165) is 0 Å². The van der Waals surface area contributed by atoms with Crippen molar-refractivity contribution >= 4 is 11.8 Å². The number of rotatable bonds is 4. The van der Waals surface area contributed by atoms with Crippen molar-refractivity contribution in [2.24, 2.45) is 5.41 Å². The fourth-order valence-electron chi connectivity index (χ4n) is 1.88. The lowest BCUT2D eigenvalue weighted by Gasteiger charge is -2.33. The van der Waals surface area contributed by atoms with Crippen molar-refractivity contribution in [3.8, 4) is 0 Å². The van der Waals surface area contributed by atoms with Crippen molar-refractivity contribution in [1.29, 1.82) is 0 Å². The molecule has 1 aromatic rings. The fraction of sp³-hybridized carbons (Fsp3) is 0.545. The molecular formula is C11H15N3O3. The van der Waals surface area contributed by atoms with Crippen LogP contribution >= 0.6 is 0 Å². The maximum atomic E-state index is 11.4. The Balaban J connectivity index is 2.01. The molecule has 1 saturated heterocycles. The predicted molar refractivity (Wildman–Crippen MR) is 60.6 cm³/mol. The van der Waals surface area contributed by atoms with Gasteiger partial charge in [-0.05, 0) is 18.9 Å². The van der Waals surface area contributed by atoms with E-state index in [0.29, 0.717) is 38.4 Å². The van der Waals surface area contributed by atoms with Crippen molar-refractivity contribution in [2.75, 3.05) is 25.1 Å². The molecule has 92 valence electrons. The van der Waals surface area contributed by atoms with Gasteiger partial charge in [-0.15, -0.1) is 0 Å². The van der Waals surface area contributed by atoms with E-state index in [1.54, 1.807) is 12.3 Å². The van der Waals surface area contributed by atoms with E-state index in [1.165, 1.54) is 6.33 Å². The summed E-state index contributed by atoms with van der Waals surface area (Å²) in [5.74, 6) is -0.130. The van der Waals surface area contributed by atoms with E-state index in [9.17, 15) is 9.90 Å². The Labute approximate surface area is 99.0 Å². The van der Waals surface area contributed by atoms with Crippen LogP contribution in [0.25, 0.3) is 0 Å². The molecule has 0 aliphatic carbocycles. The summed E-state index contributed by atoms with van der Waals surface area (Å²) in [6.45, 7) is 1.36. The zero-order chi connectivity index (χ0) is 12.1. The Morgan fingerprint density at radius 3 is 2.88 bits per heavy atom. The summed E-state index contributed by atoms with van der Waals surface area (Å²) in [5.41, 5.74) is -0.747. The van der Waals surface area contributed by atoms with Crippen LogP contribution in [0.4, 0.5) is 5.82 Å². The smallest absolute Gasteiger partial charge is 0.311 e. The number of hydrogen-bond donors (Lipinski definition) is 2. The molecule has 0 unspecified atom stereocenters. The molecule has 0 atom stereocenters. The Bertz CT molecular complexity index is 377. The highest BCUT2D eigenvalue weighted by Gasteiger charge is 2.40. The van der Waals surface area contributed by atoms with Crippen LogP contribution in [-0.2, 0) is 9.53 Å². The quantitative estimate of drug-likeness (QED) is 0.804. The topological polar surface area (TPSA) is 84.3 Å². The monoisotopic (exact) mass is 237 g/mol. The average molecular weight is 237 g/mol. The molecule has 2 rings (SSSR count). The molecule has 6 heteroatoms. The lowest BCUT2D eigenvalue weighted by atomic mass is 9.80. The lowest BCUT2D eigenvalue weighted by molar-refractivity contribution is -0.153. The molecule has 1 aliphatic heterocycles. The summed E-state index contributed by atoms with van der Waals surface area (Å²) < 4.78 is 5.21. The zero-order valence-corrected chi connectivity index (χ0v) is 9.43. The largest absolute Gasteiger partial charge is 0.481 e. The minimum absolute atomic E-state index is 0.364. The van der Waals surface area contributed by atoms with E-state index in [1.807, 2.05) is 0 Å². The second-order valence-electron chi connectivity index (χ2n) is 4.15. The van der Waals surface area contributed by atoms with E-state index >= 15 is 0 Å². The fourth-order valence-corrected chi connectivity index (χ4v) is 1.88. The number of carboxylic acids is 1. The minimum atomic E-state index is -0.776. The highest BCUT2D eigenvalue weighted by Crippen LogP contribution is 2.30. The highest BCUT2D eigenvalue weighted by molar-refractivity contribution is 5.75. The number of nitrogens with one attached hydrogen (secondary N) is 1. The molecule has 1 aromatic heterocycles. The number of carboxylic acid groups (broad SMARTS) is 1. The summed E-state index contributed by atoms with van der Waals surface area (Å²) in [7, 11) is 0. The van der Waals surface area contributed by atoms with Crippen LogP contribution in [0, 0.1) is 5.41 Å². The van der Waals surface area contributed by atoms with Gasteiger partial charge in [0.25, 0.3) is 0 Å². The molecule has 2 heterocycles. The van der Waals surface area contributed by atoms with Gasteiger partial charge in [-0.1, -0.05) is 0 Å². The molecule has 0 radical (unpaired) electrons. The van der Waals surface area contributed by atoms with Gasteiger partial charge in [-0.2, -0.15) is 0 Å². The van der Waals surface area contributed by atoms with Crippen molar-refractivity contribution in [3.05, 3.63) is 18.6 Å². The third-order valence-electron chi connectivity index (χ3n) is 3.09. The van der Waals surface area contributed by atoms with Crippen LogP contribution in [0.1, 0.15) is 12.8 Å². The van der Waals surface area contributed by atoms with Crippen LogP contribution in [-0.4, -0.2) is 40.8 Å². The number of ether oxygens (including phenoxy) is 1. The number of aromatic nitrogens is 2. The molecule has 0 spiro atoms. The van der Waals surface area contributed by atoms with Crippen LogP contribution in [0.15, 0.2) is 18.6 Å². The van der Waals surface area contributed by atoms with E-state index in [2.05, 4.69) is 15.3 Å². The van der Waals surface area contributed by atoms with Gasteiger partial charge in [0.05, 0.1) is 5.41 Å². The standard InChI is InChI=1S/C11H15N3O3/c15-10(16)11(2-5-17-6-3-11)7-13-9-1-4-12-8-14-9/h1,4,8H,2-3,5-7H2,(H,15,16)(H,12,13,14). The first-order valence-corrected chi connectivity index (χ1v) is 5.54. The van der Waals surface area contributed by atoms with Crippen molar-refractivity contribution in [1.82, 2.24) is 9.97 Å². The molecule has 0 aromatic carbocycles. The van der Waals surface area contributed by atoms with E-state index in [4.69, 9.17) is 4.74 Å². The third-order valence-corrected chi connectivity index (χ3v) is 3.09. The highest BCUT2D eigenvalue weighted by atomic mass is 16.5. The second kappa shape index (κ2) is 5.09. The number of nitrogens with zero attached hydrogens (tertiary/aromatic N) is 2. The van der Waals surface area contributed by atoms with Crippen LogP contribution in [0.5, 0.6) is 0 Å². The van der Waals surface area contributed by atoms with Crippen LogP contribution < -0.4 is 5.32 Å². The van der Waals surface area contributed by atoms with E-state index < -0.39 is 11.4 Å². The summed E-state index contributed by atoms with van der Waals surface area (Å²) in [6.07, 6.45) is 4.10. The van der Waals surface area contributed by atoms with Gasteiger partial charge in [-0.3, -0.25) is 4.79 Å². The number of aliphatic carboxylic acids is 1. The molecule has 0 bridgehead atoms.